The second kappa shape index (κ2) is 4.90. The number of benzene rings is 1. The Morgan fingerprint density at radius 2 is 2.13 bits per heavy atom. The fourth-order valence-electron chi connectivity index (χ4n) is 1.29. The molecular weight excluding hydrogens is 270 g/mol. The number of methoxy groups -OCH3 is 1. The highest BCUT2D eigenvalue weighted by atomic mass is 79.9. The smallest absolute Gasteiger partial charge is 0.280 e. The molecule has 0 atom stereocenters. The molecule has 1 rings (SSSR count). The molecule has 84 valence electrons. The third-order valence-corrected chi connectivity index (χ3v) is 2.65. The lowest BCUT2D eigenvalue weighted by Gasteiger charge is -2.19. The molecule has 0 spiro atoms. The Hall–Kier alpha value is -0.680. The van der Waals surface area contributed by atoms with Gasteiger partial charge in [0.05, 0.1) is 12.7 Å². The number of aliphatic hydroxyl groups excluding tert-OH is 1. The van der Waals surface area contributed by atoms with Crippen molar-refractivity contribution in [2.75, 3.05) is 13.7 Å². The van der Waals surface area contributed by atoms with Crippen LogP contribution in [-0.4, -0.2) is 18.8 Å². The molecule has 1 aromatic carbocycles. The summed E-state index contributed by atoms with van der Waals surface area (Å²) in [6.07, 6.45) is -0.619. The van der Waals surface area contributed by atoms with Gasteiger partial charge in [-0.2, -0.15) is 0 Å². The number of rotatable bonds is 4. The minimum Gasteiger partial charge on any atom is -0.496 e. The summed E-state index contributed by atoms with van der Waals surface area (Å²) in [5, 5.41) is 8.58. The Labute approximate surface area is 95.0 Å². The first-order valence-electron chi connectivity index (χ1n) is 4.34. The average Bonchev–Trinajstić information content (AvgIpc) is 2.16. The summed E-state index contributed by atoms with van der Waals surface area (Å²) in [5.74, 6) is -2.98. The molecule has 0 saturated carbocycles. The highest BCUT2D eigenvalue weighted by Gasteiger charge is 2.36. The molecule has 0 heterocycles. The van der Waals surface area contributed by atoms with E-state index in [1.165, 1.54) is 19.2 Å². The van der Waals surface area contributed by atoms with Crippen LogP contribution >= 0.6 is 15.9 Å². The summed E-state index contributed by atoms with van der Waals surface area (Å²) >= 11 is 3.05. The summed E-state index contributed by atoms with van der Waals surface area (Å²) in [4.78, 5) is 0. The van der Waals surface area contributed by atoms with E-state index in [1.54, 1.807) is 6.07 Å². The quantitative estimate of drug-likeness (QED) is 0.919. The molecule has 0 unspecified atom stereocenters. The van der Waals surface area contributed by atoms with Crippen molar-refractivity contribution in [3.8, 4) is 5.75 Å². The van der Waals surface area contributed by atoms with Gasteiger partial charge in [0.2, 0.25) is 0 Å². The molecule has 15 heavy (non-hydrogen) atoms. The second-order valence-corrected chi connectivity index (χ2v) is 3.85. The third-order valence-electron chi connectivity index (χ3n) is 1.99. The molecule has 0 aromatic heterocycles. The van der Waals surface area contributed by atoms with Crippen LogP contribution in [0, 0.1) is 0 Å². The minimum atomic E-state index is -3.10. The first-order valence-corrected chi connectivity index (χ1v) is 5.14. The van der Waals surface area contributed by atoms with Crippen LogP contribution in [0.3, 0.4) is 0 Å². The average molecular weight is 281 g/mol. The molecule has 0 aliphatic rings. The van der Waals surface area contributed by atoms with E-state index < -0.39 is 19.0 Å². The Balaban J connectivity index is 3.21. The molecular formula is C10H11BrF2O2. The molecule has 0 aliphatic heterocycles. The highest BCUT2D eigenvalue weighted by Crippen LogP contribution is 2.41. The summed E-state index contributed by atoms with van der Waals surface area (Å²) in [7, 11) is 1.33. The van der Waals surface area contributed by atoms with Crippen molar-refractivity contribution in [3.63, 3.8) is 0 Å². The third kappa shape index (κ3) is 2.66. The second-order valence-electron chi connectivity index (χ2n) is 3.00. The molecule has 0 aliphatic carbocycles. The van der Waals surface area contributed by atoms with Crippen molar-refractivity contribution in [2.45, 2.75) is 12.3 Å². The van der Waals surface area contributed by atoms with Crippen molar-refractivity contribution in [1.82, 2.24) is 0 Å². The van der Waals surface area contributed by atoms with Gasteiger partial charge >= 0.3 is 0 Å². The maximum absolute atomic E-state index is 13.6. The topological polar surface area (TPSA) is 29.5 Å². The number of hydrogen-bond acceptors (Lipinski definition) is 2. The summed E-state index contributed by atoms with van der Waals surface area (Å²) < 4.78 is 32.3. The van der Waals surface area contributed by atoms with E-state index in [4.69, 9.17) is 9.84 Å². The van der Waals surface area contributed by atoms with Crippen LogP contribution in [0.2, 0.25) is 0 Å². The lowest BCUT2D eigenvalue weighted by atomic mass is 10.0. The summed E-state index contributed by atoms with van der Waals surface area (Å²) in [5.41, 5.74) is -0.221. The number of hydrogen-bond donors (Lipinski definition) is 1. The largest absolute Gasteiger partial charge is 0.496 e. The van der Waals surface area contributed by atoms with Crippen LogP contribution in [0.25, 0.3) is 0 Å². The molecule has 0 radical (unpaired) electrons. The van der Waals surface area contributed by atoms with Gasteiger partial charge in [-0.1, -0.05) is 22.0 Å². The number of ether oxygens (including phenoxy) is 1. The van der Waals surface area contributed by atoms with Gasteiger partial charge in [-0.3, -0.25) is 0 Å². The fourth-order valence-corrected chi connectivity index (χ4v) is 1.93. The van der Waals surface area contributed by atoms with Crippen LogP contribution in [-0.2, 0) is 5.92 Å². The van der Waals surface area contributed by atoms with E-state index in [-0.39, 0.29) is 15.8 Å². The Kier molecular flexibility index (Phi) is 4.04. The number of aliphatic hydroxyl groups is 1. The van der Waals surface area contributed by atoms with Crippen LogP contribution in [0.5, 0.6) is 5.75 Å². The van der Waals surface area contributed by atoms with E-state index in [9.17, 15) is 8.78 Å². The van der Waals surface area contributed by atoms with Crippen LogP contribution in [0.15, 0.2) is 22.7 Å². The zero-order valence-corrected chi connectivity index (χ0v) is 9.72. The SMILES string of the molecule is COc1cccc(Br)c1C(F)(F)CCO. The Bertz CT molecular complexity index is 342. The van der Waals surface area contributed by atoms with Crippen LogP contribution in [0.1, 0.15) is 12.0 Å². The predicted molar refractivity (Wildman–Crippen MR) is 56.3 cm³/mol. The molecule has 0 saturated heterocycles. The highest BCUT2D eigenvalue weighted by molar-refractivity contribution is 9.10. The van der Waals surface area contributed by atoms with Gasteiger partial charge < -0.3 is 9.84 Å². The van der Waals surface area contributed by atoms with E-state index in [2.05, 4.69) is 15.9 Å². The Morgan fingerprint density at radius 3 is 2.67 bits per heavy atom. The first kappa shape index (κ1) is 12.4. The monoisotopic (exact) mass is 280 g/mol. The van der Waals surface area contributed by atoms with Crippen molar-refractivity contribution in [3.05, 3.63) is 28.2 Å². The molecule has 1 N–H and O–H groups in total. The number of alkyl halides is 2. The molecule has 0 fully saturated rings. The lowest BCUT2D eigenvalue weighted by Crippen LogP contribution is -2.17. The summed E-state index contributed by atoms with van der Waals surface area (Å²) in [6.45, 7) is -0.572. The fraction of sp³-hybridized carbons (Fsp3) is 0.400. The molecule has 5 heteroatoms. The van der Waals surface area contributed by atoms with Gasteiger partial charge in [0, 0.05) is 17.5 Å². The van der Waals surface area contributed by atoms with E-state index in [0.29, 0.717) is 0 Å². The minimum absolute atomic E-state index is 0.114. The van der Waals surface area contributed by atoms with Crippen LogP contribution < -0.4 is 4.74 Å². The molecule has 2 nitrogen and oxygen atoms in total. The first-order chi connectivity index (χ1) is 7.03. The molecule has 0 amide bonds. The zero-order valence-electron chi connectivity index (χ0n) is 8.14. The van der Waals surface area contributed by atoms with E-state index in [0.717, 1.165) is 0 Å². The van der Waals surface area contributed by atoms with Gasteiger partial charge in [0.15, 0.2) is 0 Å². The van der Waals surface area contributed by atoms with Crippen LogP contribution in [0.4, 0.5) is 8.78 Å². The van der Waals surface area contributed by atoms with Gasteiger partial charge in [0.25, 0.3) is 5.92 Å². The van der Waals surface area contributed by atoms with Gasteiger partial charge in [-0.15, -0.1) is 0 Å². The van der Waals surface area contributed by atoms with Crippen molar-refractivity contribution < 1.29 is 18.6 Å². The Morgan fingerprint density at radius 1 is 1.47 bits per heavy atom. The standard InChI is InChI=1S/C10H11BrF2O2/c1-15-8-4-2-3-7(11)9(8)10(12,13)5-6-14/h2-4,14H,5-6H2,1H3. The predicted octanol–water partition coefficient (Wildman–Crippen LogP) is 2.93. The zero-order chi connectivity index (χ0) is 11.5. The van der Waals surface area contributed by atoms with E-state index in [1.807, 2.05) is 0 Å². The van der Waals surface area contributed by atoms with Gasteiger partial charge in [0.1, 0.15) is 5.75 Å². The normalized spacial score (nSPS) is 11.5. The van der Waals surface area contributed by atoms with Gasteiger partial charge in [-0.25, -0.2) is 8.78 Å². The maximum Gasteiger partial charge on any atom is 0.280 e. The summed E-state index contributed by atoms with van der Waals surface area (Å²) in [6, 6.07) is 4.59. The van der Waals surface area contributed by atoms with Crippen molar-refractivity contribution in [1.29, 1.82) is 0 Å². The molecule has 1 aromatic rings. The lowest BCUT2D eigenvalue weighted by molar-refractivity contribution is -0.0294. The molecule has 0 bridgehead atoms. The van der Waals surface area contributed by atoms with Crippen molar-refractivity contribution >= 4 is 15.9 Å². The van der Waals surface area contributed by atoms with E-state index >= 15 is 0 Å². The number of halogens is 3. The van der Waals surface area contributed by atoms with Gasteiger partial charge in [-0.05, 0) is 12.1 Å². The maximum atomic E-state index is 13.6. The van der Waals surface area contributed by atoms with Crippen molar-refractivity contribution in [2.24, 2.45) is 0 Å².